The minimum absolute atomic E-state index is 0.213. The van der Waals surface area contributed by atoms with Gasteiger partial charge in [0.15, 0.2) is 15.1 Å². The molecule has 0 saturated carbocycles. The van der Waals surface area contributed by atoms with Gasteiger partial charge in [-0.05, 0) is 30.5 Å². The number of carbonyl (C=O) groups excluding carboxylic acids is 1. The molecule has 5 heteroatoms. The second kappa shape index (κ2) is 6.60. The smallest absolute Gasteiger partial charge is 0.325 e. The lowest BCUT2D eigenvalue weighted by molar-refractivity contribution is -0.137. The fourth-order valence-electron chi connectivity index (χ4n) is 2.82. The summed E-state index contributed by atoms with van der Waals surface area (Å²) in [6, 6.07) is 6.86. The van der Waals surface area contributed by atoms with E-state index in [0.717, 1.165) is 24.8 Å². The third-order valence-electron chi connectivity index (χ3n) is 3.88. The number of cyclic esters (lactones) is 1. The van der Waals surface area contributed by atoms with Gasteiger partial charge in [-0.15, -0.1) is 0 Å². The molecule has 1 aromatic rings. The number of rotatable bonds is 6. The first-order chi connectivity index (χ1) is 10.0. The number of sulfone groups is 1. The molecule has 1 saturated heterocycles. The molecule has 116 valence electrons. The van der Waals surface area contributed by atoms with Gasteiger partial charge < -0.3 is 4.74 Å². The van der Waals surface area contributed by atoms with Crippen LogP contribution >= 0.6 is 0 Å². The molecule has 0 N–H and O–H groups in total. The second-order valence-electron chi connectivity index (χ2n) is 5.54. The molecule has 21 heavy (non-hydrogen) atoms. The highest BCUT2D eigenvalue weighted by molar-refractivity contribution is 7.92. The van der Waals surface area contributed by atoms with E-state index in [-0.39, 0.29) is 17.4 Å². The van der Waals surface area contributed by atoms with E-state index in [0.29, 0.717) is 6.42 Å². The predicted octanol–water partition coefficient (Wildman–Crippen LogP) is 2.75. The Balaban J connectivity index is 2.29. The van der Waals surface area contributed by atoms with Gasteiger partial charge in [-0.3, -0.25) is 4.79 Å². The normalized spacial score (nSPS) is 22.3. The van der Waals surface area contributed by atoms with Crippen LogP contribution in [0, 0.1) is 5.92 Å². The zero-order valence-corrected chi connectivity index (χ0v) is 13.4. The Hall–Kier alpha value is -1.36. The highest BCUT2D eigenvalue weighted by Gasteiger charge is 2.46. The van der Waals surface area contributed by atoms with E-state index in [4.69, 9.17) is 4.74 Å². The summed E-state index contributed by atoms with van der Waals surface area (Å²) in [5.41, 5.74) is 1.11. The second-order valence-corrected chi connectivity index (χ2v) is 7.61. The molecule has 1 aromatic carbocycles. The van der Waals surface area contributed by atoms with Gasteiger partial charge in [0.1, 0.15) is 0 Å². The summed E-state index contributed by atoms with van der Waals surface area (Å²) in [5, 5.41) is -1.05. The third kappa shape index (κ3) is 3.28. The van der Waals surface area contributed by atoms with Crippen molar-refractivity contribution in [3.05, 3.63) is 29.8 Å². The minimum atomic E-state index is -3.67. The van der Waals surface area contributed by atoms with Crippen molar-refractivity contribution in [2.24, 2.45) is 5.92 Å². The van der Waals surface area contributed by atoms with Crippen molar-refractivity contribution < 1.29 is 17.9 Å². The Kier molecular flexibility index (Phi) is 5.04. The molecule has 2 rings (SSSR count). The summed E-state index contributed by atoms with van der Waals surface area (Å²) >= 11 is 0. The lowest BCUT2D eigenvalue weighted by atomic mass is 10.0. The molecule has 1 aliphatic heterocycles. The minimum Gasteiger partial charge on any atom is -0.464 e. The molecule has 1 aliphatic rings. The van der Waals surface area contributed by atoms with Crippen molar-refractivity contribution in [2.45, 2.75) is 49.7 Å². The van der Waals surface area contributed by atoms with Gasteiger partial charge in [0, 0.05) is 5.92 Å². The van der Waals surface area contributed by atoms with E-state index in [2.05, 4.69) is 6.92 Å². The average molecular weight is 310 g/mol. The van der Waals surface area contributed by atoms with Crippen LogP contribution in [0.2, 0.25) is 0 Å². The van der Waals surface area contributed by atoms with Gasteiger partial charge in [-0.25, -0.2) is 8.42 Å². The van der Waals surface area contributed by atoms with Gasteiger partial charge in [0.05, 0.1) is 11.5 Å². The van der Waals surface area contributed by atoms with E-state index in [9.17, 15) is 13.2 Å². The Morgan fingerprint density at radius 1 is 1.14 bits per heavy atom. The summed E-state index contributed by atoms with van der Waals surface area (Å²) in [7, 11) is -3.67. The zero-order valence-electron chi connectivity index (χ0n) is 12.5. The molecule has 0 spiro atoms. The molecular formula is C16H22O4S. The first-order valence-corrected chi connectivity index (χ1v) is 9.04. The molecule has 4 nitrogen and oxygen atoms in total. The number of esters is 1. The molecule has 0 bridgehead atoms. The van der Waals surface area contributed by atoms with Gasteiger partial charge in [0.2, 0.25) is 0 Å². The summed E-state index contributed by atoms with van der Waals surface area (Å²) < 4.78 is 30.4. The van der Waals surface area contributed by atoms with Crippen molar-refractivity contribution in [2.75, 3.05) is 6.61 Å². The maximum atomic E-state index is 12.7. The summed E-state index contributed by atoms with van der Waals surface area (Å²) in [6.07, 6.45) is 3.45. The van der Waals surface area contributed by atoms with Crippen LogP contribution in [-0.4, -0.2) is 26.2 Å². The van der Waals surface area contributed by atoms with Crippen LogP contribution in [0.5, 0.6) is 0 Å². The van der Waals surface area contributed by atoms with E-state index in [1.54, 1.807) is 12.1 Å². The van der Waals surface area contributed by atoms with Crippen LogP contribution in [0.25, 0.3) is 0 Å². The molecular weight excluding hydrogens is 288 g/mol. The molecule has 1 fully saturated rings. The zero-order chi connectivity index (χ0) is 15.5. The van der Waals surface area contributed by atoms with Crippen LogP contribution in [-0.2, 0) is 25.8 Å². The SMILES string of the molecule is CCCc1ccc(S(=O)(=O)C2C(=O)OC[C@@H]2CCC)cc1. The first kappa shape index (κ1) is 16.0. The van der Waals surface area contributed by atoms with Crippen molar-refractivity contribution in [3.63, 3.8) is 0 Å². The van der Waals surface area contributed by atoms with Gasteiger partial charge in [-0.1, -0.05) is 38.8 Å². The Morgan fingerprint density at radius 3 is 2.38 bits per heavy atom. The predicted molar refractivity (Wildman–Crippen MR) is 80.8 cm³/mol. The summed E-state index contributed by atoms with van der Waals surface area (Å²) in [6.45, 7) is 4.27. The fourth-order valence-corrected chi connectivity index (χ4v) is 4.67. The fraction of sp³-hybridized carbons (Fsp3) is 0.562. The van der Waals surface area contributed by atoms with Crippen molar-refractivity contribution in [3.8, 4) is 0 Å². The largest absolute Gasteiger partial charge is 0.464 e. The Bertz CT molecular complexity index is 589. The number of ether oxygens (including phenoxy) is 1. The van der Waals surface area contributed by atoms with Crippen LogP contribution in [0.3, 0.4) is 0 Å². The van der Waals surface area contributed by atoms with Gasteiger partial charge >= 0.3 is 5.97 Å². The van der Waals surface area contributed by atoms with E-state index >= 15 is 0 Å². The molecule has 1 heterocycles. The lowest BCUT2D eigenvalue weighted by Gasteiger charge is -2.15. The van der Waals surface area contributed by atoms with Gasteiger partial charge in [0.25, 0.3) is 0 Å². The number of aryl methyl sites for hydroxylation is 1. The van der Waals surface area contributed by atoms with Crippen LogP contribution in [0.4, 0.5) is 0 Å². The number of hydrogen-bond acceptors (Lipinski definition) is 4. The van der Waals surface area contributed by atoms with Crippen molar-refractivity contribution in [1.29, 1.82) is 0 Å². The van der Waals surface area contributed by atoms with E-state index in [1.807, 2.05) is 19.1 Å². The monoisotopic (exact) mass is 310 g/mol. The standard InChI is InChI=1S/C16H22O4S/c1-3-5-12-7-9-14(10-8-12)21(18,19)15-13(6-4-2)11-20-16(15)17/h7-10,13,15H,3-6,11H2,1-2H3/t13-,15?/m0/s1. The maximum Gasteiger partial charge on any atom is 0.325 e. The molecule has 0 amide bonds. The van der Waals surface area contributed by atoms with Gasteiger partial charge in [-0.2, -0.15) is 0 Å². The maximum absolute atomic E-state index is 12.7. The first-order valence-electron chi connectivity index (χ1n) is 7.50. The molecule has 0 radical (unpaired) electrons. The van der Waals surface area contributed by atoms with E-state index in [1.165, 1.54) is 0 Å². The lowest BCUT2D eigenvalue weighted by Crippen LogP contribution is -2.32. The summed E-state index contributed by atoms with van der Waals surface area (Å²) in [5.74, 6) is -0.839. The van der Waals surface area contributed by atoms with Crippen LogP contribution in [0.1, 0.15) is 38.7 Å². The molecule has 0 aliphatic carbocycles. The molecule has 0 aromatic heterocycles. The molecule has 1 unspecified atom stereocenters. The van der Waals surface area contributed by atoms with Crippen molar-refractivity contribution in [1.82, 2.24) is 0 Å². The number of hydrogen-bond donors (Lipinski definition) is 0. The number of carbonyl (C=O) groups is 1. The molecule has 2 atom stereocenters. The summed E-state index contributed by atoms with van der Waals surface area (Å²) in [4.78, 5) is 12.1. The Labute approximate surface area is 126 Å². The highest BCUT2D eigenvalue weighted by atomic mass is 32.2. The van der Waals surface area contributed by atoms with E-state index < -0.39 is 21.1 Å². The average Bonchev–Trinajstić information content (AvgIpc) is 2.82. The van der Waals surface area contributed by atoms with Crippen LogP contribution < -0.4 is 0 Å². The Morgan fingerprint density at radius 2 is 1.81 bits per heavy atom. The van der Waals surface area contributed by atoms with Crippen LogP contribution in [0.15, 0.2) is 29.2 Å². The topological polar surface area (TPSA) is 60.4 Å². The number of benzene rings is 1. The third-order valence-corrected chi connectivity index (χ3v) is 6.06. The highest BCUT2D eigenvalue weighted by Crippen LogP contribution is 2.30. The quantitative estimate of drug-likeness (QED) is 0.758. The van der Waals surface area contributed by atoms with Crippen molar-refractivity contribution >= 4 is 15.8 Å².